The van der Waals surface area contributed by atoms with Crippen LogP contribution >= 0.6 is 11.6 Å². The van der Waals surface area contributed by atoms with Crippen LogP contribution in [0.4, 0.5) is 10.1 Å². The van der Waals surface area contributed by atoms with E-state index in [0.29, 0.717) is 6.54 Å². The van der Waals surface area contributed by atoms with Gasteiger partial charge in [0.15, 0.2) is 0 Å². The highest BCUT2D eigenvalue weighted by Crippen LogP contribution is 2.19. The molecule has 16 heavy (non-hydrogen) atoms. The minimum Gasteiger partial charge on any atom is -0.379 e. The number of nitrogens with zero attached hydrogens (tertiary/aromatic N) is 1. The van der Waals surface area contributed by atoms with Crippen LogP contribution in [-0.2, 0) is 6.54 Å². The zero-order valence-corrected chi connectivity index (χ0v) is 9.48. The molecule has 0 aliphatic rings. The van der Waals surface area contributed by atoms with Gasteiger partial charge in [0.25, 0.3) is 0 Å². The third-order valence-electron chi connectivity index (χ3n) is 2.31. The maximum Gasteiger partial charge on any atom is 0.141 e. The smallest absolute Gasteiger partial charge is 0.141 e. The summed E-state index contributed by atoms with van der Waals surface area (Å²) in [6, 6.07) is 4.53. The van der Waals surface area contributed by atoms with E-state index in [4.69, 9.17) is 11.6 Å². The van der Waals surface area contributed by atoms with Gasteiger partial charge in [-0.25, -0.2) is 9.37 Å². The minimum atomic E-state index is -0.414. The molecule has 0 aliphatic heterocycles. The van der Waals surface area contributed by atoms with Gasteiger partial charge in [0.05, 0.1) is 23.6 Å². The van der Waals surface area contributed by atoms with Gasteiger partial charge >= 0.3 is 0 Å². The van der Waals surface area contributed by atoms with E-state index in [1.807, 2.05) is 6.92 Å². The number of nitrogens with one attached hydrogen (secondary N) is 2. The predicted octanol–water partition coefficient (Wildman–Crippen LogP) is 3.12. The second kappa shape index (κ2) is 4.53. The van der Waals surface area contributed by atoms with Gasteiger partial charge in [0, 0.05) is 11.4 Å². The molecule has 1 aromatic carbocycles. The molecule has 2 rings (SSSR count). The summed E-state index contributed by atoms with van der Waals surface area (Å²) in [5.41, 5.74) is 2.72. The fraction of sp³-hybridized carbons (Fsp3) is 0.182. The molecule has 0 atom stereocenters. The Hall–Kier alpha value is -1.55. The number of hydrogen-bond donors (Lipinski definition) is 2. The van der Waals surface area contributed by atoms with Crippen LogP contribution in [0.25, 0.3) is 0 Å². The van der Waals surface area contributed by atoms with Crippen LogP contribution in [0, 0.1) is 12.7 Å². The fourth-order valence-electron chi connectivity index (χ4n) is 1.36. The van der Waals surface area contributed by atoms with Crippen molar-refractivity contribution in [3.63, 3.8) is 0 Å². The molecule has 0 saturated heterocycles. The van der Waals surface area contributed by atoms with Crippen LogP contribution in [0.3, 0.4) is 0 Å². The Balaban J connectivity index is 2.05. The molecule has 5 heteroatoms. The van der Waals surface area contributed by atoms with Gasteiger partial charge in [0.1, 0.15) is 5.82 Å². The molecule has 0 amide bonds. The molecule has 2 aromatic rings. The van der Waals surface area contributed by atoms with Gasteiger partial charge in [-0.05, 0) is 25.1 Å². The van der Waals surface area contributed by atoms with Crippen LogP contribution < -0.4 is 5.32 Å². The number of anilines is 1. The van der Waals surface area contributed by atoms with Crippen LogP contribution in [0.5, 0.6) is 0 Å². The van der Waals surface area contributed by atoms with Gasteiger partial charge in [-0.3, -0.25) is 0 Å². The first kappa shape index (κ1) is 11.0. The number of imidazole rings is 1. The zero-order valence-electron chi connectivity index (χ0n) is 8.72. The van der Waals surface area contributed by atoms with Crippen molar-refractivity contribution >= 4 is 17.3 Å². The summed E-state index contributed by atoms with van der Waals surface area (Å²) in [4.78, 5) is 7.13. The first-order valence-electron chi connectivity index (χ1n) is 4.84. The van der Waals surface area contributed by atoms with Crippen molar-refractivity contribution < 1.29 is 4.39 Å². The van der Waals surface area contributed by atoms with Crippen LogP contribution in [0.1, 0.15) is 11.4 Å². The molecule has 84 valence electrons. The molecule has 2 N–H and O–H groups in total. The summed E-state index contributed by atoms with van der Waals surface area (Å²) in [6.45, 7) is 2.53. The number of aryl methyl sites for hydroxylation is 1. The number of H-pyrrole nitrogens is 1. The van der Waals surface area contributed by atoms with Crippen molar-refractivity contribution in [1.82, 2.24) is 9.97 Å². The lowest BCUT2D eigenvalue weighted by molar-refractivity contribution is 0.628. The maximum absolute atomic E-state index is 12.9. The van der Waals surface area contributed by atoms with Crippen molar-refractivity contribution in [2.45, 2.75) is 13.5 Å². The topological polar surface area (TPSA) is 40.7 Å². The first-order valence-corrected chi connectivity index (χ1v) is 5.22. The lowest BCUT2D eigenvalue weighted by Crippen LogP contribution is -2.01. The lowest BCUT2D eigenvalue weighted by atomic mass is 10.3. The average molecular weight is 240 g/mol. The highest BCUT2D eigenvalue weighted by Gasteiger charge is 2.03. The van der Waals surface area contributed by atoms with Crippen molar-refractivity contribution in [3.8, 4) is 0 Å². The summed E-state index contributed by atoms with van der Waals surface area (Å²) < 4.78 is 12.9. The van der Waals surface area contributed by atoms with Crippen molar-refractivity contribution in [2.75, 3.05) is 5.32 Å². The second-order valence-corrected chi connectivity index (χ2v) is 3.86. The van der Waals surface area contributed by atoms with E-state index < -0.39 is 5.82 Å². The maximum atomic E-state index is 12.9. The van der Waals surface area contributed by atoms with Gasteiger partial charge < -0.3 is 10.3 Å². The Morgan fingerprint density at radius 2 is 2.31 bits per heavy atom. The van der Waals surface area contributed by atoms with E-state index in [2.05, 4.69) is 15.3 Å². The normalized spacial score (nSPS) is 10.4. The summed E-state index contributed by atoms with van der Waals surface area (Å²) in [6.07, 6.45) is 1.64. The van der Waals surface area contributed by atoms with E-state index >= 15 is 0 Å². The lowest BCUT2D eigenvalue weighted by Gasteiger charge is -2.05. The Morgan fingerprint density at radius 1 is 1.50 bits per heavy atom. The Labute approximate surface area is 97.7 Å². The molecular weight excluding hydrogens is 229 g/mol. The minimum absolute atomic E-state index is 0.115. The number of halogens is 2. The van der Waals surface area contributed by atoms with Gasteiger partial charge in [-0.2, -0.15) is 0 Å². The largest absolute Gasteiger partial charge is 0.379 e. The van der Waals surface area contributed by atoms with E-state index in [9.17, 15) is 4.39 Å². The highest BCUT2D eigenvalue weighted by atomic mass is 35.5. The second-order valence-electron chi connectivity index (χ2n) is 3.46. The van der Waals surface area contributed by atoms with Gasteiger partial charge in [-0.1, -0.05) is 11.6 Å². The van der Waals surface area contributed by atoms with Crippen LogP contribution in [0.15, 0.2) is 24.5 Å². The number of hydrogen-bond acceptors (Lipinski definition) is 2. The van der Waals surface area contributed by atoms with Gasteiger partial charge in [0.2, 0.25) is 0 Å². The van der Waals surface area contributed by atoms with Crippen molar-refractivity contribution in [1.29, 1.82) is 0 Å². The van der Waals surface area contributed by atoms with E-state index in [0.717, 1.165) is 17.1 Å². The Bertz CT molecular complexity index is 496. The molecule has 0 radical (unpaired) electrons. The molecule has 3 nitrogen and oxygen atoms in total. The average Bonchev–Trinajstić information content (AvgIpc) is 2.66. The molecular formula is C11H11ClFN3. The zero-order chi connectivity index (χ0) is 11.5. The fourth-order valence-corrected chi connectivity index (χ4v) is 1.54. The summed E-state index contributed by atoms with van der Waals surface area (Å²) >= 11 is 5.67. The molecule has 0 bridgehead atoms. The van der Waals surface area contributed by atoms with Crippen LogP contribution in [0.2, 0.25) is 5.02 Å². The quantitative estimate of drug-likeness (QED) is 0.864. The first-order chi connectivity index (χ1) is 7.66. The molecule has 0 fully saturated rings. The number of aromatic amines is 1. The Morgan fingerprint density at radius 3 is 2.94 bits per heavy atom. The van der Waals surface area contributed by atoms with Crippen LogP contribution in [-0.4, -0.2) is 9.97 Å². The number of rotatable bonds is 3. The molecule has 1 heterocycles. The summed E-state index contributed by atoms with van der Waals surface area (Å²) in [5.74, 6) is -0.414. The van der Waals surface area contributed by atoms with Crippen molar-refractivity contribution in [3.05, 3.63) is 46.8 Å². The number of aromatic nitrogens is 2. The Kier molecular flexibility index (Phi) is 3.10. The van der Waals surface area contributed by atoms with E-state index in [1.165, 1.54) is 6.07 Å². The molecule has 0 unspecified atom stereocenters. The highest BCUT2D eigenvalue weighted by molar-refractivity contribution is 6.31. The third kappa shape index (κ3) is 2.33. The summed E-state index contributed by atoms with van der Waals surface area (Å²) in [7, 11) is 0. The number of benzene rings is 1. The van der Waals surface area contributed by atoms with E-state index in [-0.39, 0.29) is 5.02 Å². The molecule has 0 aliphatic carbocycles. The van der Waals surface area contributed by atoms with Crippen molar-refractivity contribution in [2.24, 2.45) is 0 Å². The molecule has 1 aromatic heterocycles. The van der Waals surface area contributed by atoms with Gasteiger partial charge in [-0.15, -0.1) is 0 Å². The molecule has 0 saturated carbocycles. The predicted molar refractivity (Wildman–Crippen MR) is 62.1 cm³/mol. The molecule has 0 spiro atoms. The standard InChI is InChI=1S/C11H11ClFN3/c1-7-11(16-6-15-7)5-14-8-2-3-10(13)9(12)4-8/h2-4,6,14H,5H2,1H3,(H,15,16). The third-order valence-corrected chi connectivity index (χ3v) is 2.60. The monoisotopic (exact) mass is 239 g/mol. The summed E-state index contributed by atoms with van der Waals surface area (Å²) in [5, 5.41) is 3.24. The van der Waals surface area contributed by atoms with E-state index in [1.54, 1.807) is 18.5 Å². The SMILES string of the molecule is Cc1[nH]cnc1CNc1ccc(F)c(Cl)c1.